The van der Waals surface area contributed by atoms with Gasteiger partial charge in [0.05, 0.1) is 5.75 Å². The molecule has 1 atom stereocenters. The number of hydrogen-bond acceptors (Lipinski definition) is 4. The summed E-state index contributed by atoms with van der Waals surface area (Å²) < 4.78 is 21.8. The van der Waals surface area contributed by atoms with Crippen molar-refractivity contribution in [1.82, 2.24) is 5.32 Å². The van der Waals surface area contributed by atoms with E-state index in [2.05, 4.69) is 5.32 Å². The number of nitrogens with one attached hydrogen (secondary N) is 1. The van der Waals surface area contributed by atoms with Crippen LogP contribution < -0.4 is 5.32 Å². The van der Waals surface area contributed by atoms with Gasteiger partial charge in [0.2, 0.25) is 5.91 Å². The van der Waals surface area contributed by atoms with Gasteiger partial charge in [-0.15, -0.1) is 0 Å². The number of rotatable bonds is 10. The lowest BCUT2D eigenvalue weighted by molar-refractivity contribution is -0.137. The Hall–Kier alpha value is -1.11. The van der Waals surface area contributed by atoms with Crippen LogP contribution in [0.1, 0.15) is 39.5 Å². The molecule has 2 N–H and O–H groups in total. The standard InChI is InChI=1S/C13H25NO5S/c1-10(2)11(4-5-13(16)17)6-8-14-12(15)7-9-20(3,18)19/h10-11H,4-9H2,1-3H3,(H,14,15)(H,16,17). The average molecular weight is 307 g/mol. The zero-order valence-corrected chi connectivity index (χ0v) is 13.2. The zero-order valence-electron chi connectivity index (χ0n) is 12.4. The molecule has 0 aliphatic carbocycles. The molecule has 0 fully saturated rings. The van der Waals surface area contributed by atoms with E-state index in [0.717, 1.165) is 6.26 Å². The van der Waals surface area contributed by atoms with E-state index in [0.29, 0.717) is 25.3 Å². The van der Waals surface area contributed by atoms with E-state index < -0.39 is 15.8 Å². The van der Waals surface area contributed by atoms with Crippen molar-refractivity contribution < 1.29 is 23.1 Å². The fourth-order valence-electron chi connectivity index (χ4n) is 1.88. The topological polar surface area (TPSA) is 101 Å². The van der Waals surface area contributed by atoms with Crippen LogP contribution in [0.15, 0.2) is 0 Å². The molecular weight excluding hydrogens is 282 g/mol. The van der Waals surface area contributed by atoms with Crippen LogP contribution in [0, 0.1) is 11.8 Å². The van der Waals surface area contributed by atoms with Crippen molar-refractivity contribution in [2.75, 3.05) is 18.6 Å². The Labute approximate surface area is 120 Å². The first-order chi connectivity index (χ1) is 9.11. The highest BCUT2D eigenvalue weighted by atomic mass is 32.2. The van der Waals surface area contributed by atoms with Crippen LogP contribution in [-0.4, -0.2) is 44.0 Å². The maximum Gasteiger partial charge on any atom is 0.303 e. The Morgan fingerprint density at radius 1 is 1.15 bits per heavy atom. The molecule has 0 rings (SSSR count). The minimum Gasteiger partial charge on any atom is -0.481 e. The molecule has 0 bridgehead atoms. The van der Waals surface area contributed by atoms with Crippen molar-refractivity contribution in [2.24, 2.45) is 11.8 Å². The Balaban J connectivity index is 3.99. The molecule has 1 amide bonds. The van der Waals surface area contributed by atoms with Crippen molar-refractivity contribution in [1.29, 1.82) is 0 Å². The number of sulfone groups is 1. The molecule has 0 saturated heterocycles. The molecule has 0 saturated carbocycles. The first kappa shape index (κ1) is 18.9. The van der Waals surface area contributed by atoms with Crippen LogP contribution in [-0.2, 0) is 19.4 Å². The lowest BCUT2D eigenvalue weighted by atomic mass is 9.88. The summed E-state index contributed by atoms with van der Waals surface area (Å²) in [5, 5.41) is 11.4. The predicted octanol–water partition coefficient (Wildman–Crippen LogP) is 1.06. The minimum atomic E-state index is -3.12. The summed E-state index contributed by atoms with van der Waals surface area (Å²) in [6.45, 7) is 4.50. The van der Waals surface area contributed by atoms with E-state index in [-0.39, 0.29) is 30.4 Å². The highest BCUT2D eigenvalue weighted by Crippen LogP contribution is 2.20. The number of hydrogen-bond donors (Lipinski definition) is 2. The Kier molecular flexibility index (Phi) is 8.45. The van der Waals surface area contributed by atoms with Crippen LogP contribution in [0.5, 0.6) is 0 Å². The monoisotopic (exact) mass is 307 g/mol. The third-order valence-electron chi connectivity index (χ3n) is 3.21. The van der Waals surface area contributed by atoms with Gasteiger partial charge in [0.25, 0.3) is 0 Å². The second-order valence-corrected chi connectivity index (χ2v) is 7.71. The molecule has 7 heteroatoms. The van der Waals surface area contributed by atoms with Crippen LogP contribution in [0.4, 0.5) is 0 Å². The smallest absolute Gasteiger partial charge is 0.303 e. The lowest BCUT2D eigenvalue weighted by Crippen LogP contribution is -2.28. The lowest BCUT2D eigenvalue weighted by Gasteiger charge is -2.20. The Morgan fingerprint density at radius 3 is 2.20 bits per heavy atom. The second kappa shape index (κ2) is 8.94. The van der Waals surface area contributed by atoms with Gasteiger partial charge >= 0.3 is 5.97 Å². The molecule has 0 spiro atoms. The van der Waals surface area contributed by atoms with E-state index in [1.165, 1.54) is 0 Å². The van der Waals surface area contributed by atoms with Gasteiger partial charge in [0.1, 0.15) is 9.84 Å². The Bertz CT molecular complexity index is 416. The molecule has 6 nitrogen and oxygen atoms in total. The van der Waals surface area contributed by atoms with Crippen LogP contribution in [0.2, 0.25) is 0 Å². The highest BCUT2D eigenvalue weighted by Gasteiger charge is 2.15. The summed E-state index contributed by atoms with van der Waals surface area (Å²) in [5.41, 5.74) is 0. The molecule has 0 aromatic rings. The molecule has 0 aliphatic rings. The van der Waals surface area contributed by atoms with Gasteiger partial charge in [-0.3, -0.25) is 9.59 Å². The Morgan fingerprint density at radius 2 is 1.75 bits per heavy atom. The number of carboxylic acid groups (broad SMARTS) is 1. The third kappa shape index (κ3) is 10.8. The second-order valence-electron chi connectivity index (χ2n) is 5.46. The van der Waals surface area contributed by atoms with Crippen molar-refractivity contribution in [2.45, 2.75) is 39.5 Å². The number of aliphatic carboxylic acids is 1. The normalized spacial score (nSPS) is 13.2. The van der Waals surface area contributed by atoms with Crippen LogP contribution >= 0.6 is 0 Å². The molecule has 0 aromatic carbocycles. The molecule has 118 valence electrons. The SMILES string of the molecule is CC(C)C(CCNC(=O)CCS(C)(=O)=O)CCC(=O)O. The molecule has 20 heavy (non-hydrogen) atoms. The molecule has 0 aliphatic heterocycles. The van der Waals surface area contributed by atoms with E-state index in [4.69, 9.17) is 5.11 Å². The summed E-state index contributed by atoms with van der Waals surface area (Å²) in [5.74, 6) is -0.654. The van der Waals surface area contributed by atoms with Gasteiger partial charge in [0, 0.05) is 25.6 Å². The van der Waals surface area contributed by atoms with Crippen molar-refractivity contribution in [3.8, 4) is 0 Å². The van der Waals surface area contributed by atoms with Crippen LogP contribution in [0.25, 0.3) is 0 Å². The fraction of sp³-hybridized carbons (Fsp3) is 0.846. The fourth-order valence-corrected chi connectivity index (χ4v) is 2.44. The number of carbonyl (C=O) groups is 2. The molecule has 0 aromatic heterocycles. The molecular formula is C13H25NO5S. The average Bonchev–Trinajstić information content (AvgIpc) is 2.29. The van der Waals surface area contributed by atoms with Gasteiger partial charge in [0.15, 0.2) is 0 Å². The number of amides is 1. The summed E-state index contributed by atoms with van der Waals surface area (Å²) >= 11 is 0. The largest absolute Gasteiger partial charge is 0.481 e. The quantitative estimate of drug-likeness (QED) is 0.628. The van der Waals surface area contributed by atoms with E-state index in [1.807, 2.05) is 13.8 Å². The van der Waals surface area contributed by atoms with Gasteiger partial charge in [-0.05, 0) is 24.7 Å². The number of carboxylic acids is 1. The maximum absolute atomic E-state index is 11.4. The van der Waals surface area contributed by atoms with Gasteiger partial charge in [-0.1, -0.05) is 13.8 Å². The summed E-state index contributed by atoms with van der Waals surface area (Å²) in [7, 11) is -3.12. The summed E-state index contributed by atoms with van der Waals surface area (Å²) in [6, 6.07) is 0. The van der Waals surface area contributed by atoms with E-state index in [1.54, 1.807) is 0 Å². The first-order valence-electron chi connectivity index (χ1n) is 6.78. The van der Waals surface area contributed by atoms with E-state index in [9.17, 15) is 18.0 Å². The van der Waals surface area contributed by atoms with E-state index >= 15 is 0 Å². The third-order valence-corrected chi connectivity index (χ3v) is 4.15. The summed E-state index contributed by atoms with van der Waals surface area (Å²) in [6.07, 6.45) is 2.49. The van der Waals surface area contributed by atoms with Gasteiger partial charge < -0.3 is 10.4 Å². The van der Waals surface area contributed by atoms with Crippen molar-refractivity contribution in [3.05, 3.63) is 0 Å². The maximum atomic E-state index is 11.4. The minimum absolute atomic E-state index is 0.0275. The zero-order chi connectivity index (χ0) is 15.8. The van der Waals surface area contributed by atoms with Crippen molar-refractivity contribution in [3.63, 3.8) is 0 Å². The molecule has 0 heterocycles. The molecule has 1 unspecified atom stereocenters. The highest BCUT2D eigenvalue weighted by molar-refractivity contribution is 7.90. The first-order valence-corrected chi connectivity index (χ1v) is 8.84. The predicted molar refractivity (Wildman–Crippen MR) is 77.2 cm³/mol. The van der Waals surface area contributed by atoms with Crippen molar-refractivity contribution >= 4 is 21.7 Å². The van der Waals surface area contributed by atoms with Crippen LogP contribution in [0.3, 0.4) is 0 Å². The number of carbonyl (C=O) groups excluding carboxylic acids is 1. The van der Waals surface area contributed by atoms with Gasteiger partial charge in [-0.25, -0.2) is 8.42 Å². The molecule has 0 radical (unpaired) electrons. The van der Waals surface area contributed by atoms with Gasteiger partial charge in [-0.2, -0.15) is 0 Å². The summed E-state index contributed by atoms with van der Waals surface area (Å²) in [4.78, 5) is 22.0.